The van der Waals surface area contributed by atoms with Crippen LogP contribution in [0.2, 0.25) is 0 Å². The molecule has 0 spiro atoms. The summed E-state index contributed by atoms with van der Waals surface area (Å²) in [6.45, 7) is 1.94. The van der Waals surface area contributed by atoms with Crippen LogP contribution in [0.25, 0.3) is 0 Å². The zero-order valence-corrected chi connectivity index (χ0v) is 9.86. The molecule has 0 aliphatic heterocycles. The summed E-state index contributed by atoms with van der Waals surface area (Å²) in [4.78, 5) is 4.36. The van der Waals surface area contributed by atoms with Crippen LogP contribution in [-0.4, -0.2) is 4.98 Å². The molecular weight excluding hydrogens is 256 g/mol. The van der Waals surface area contributed by atoms with E-state index in [1.807, 2.05) is 31.2 Å². The van der Waals surface area contributed by atoms with E-state index in [0.29, 0.717) is 5.76 Å². The van der Waals surface area contributed by atoms with Crippen molar-refractivity contribution in [1.82, 2.24) is 4.98 Å². The number of nitrogens with zero attached hydrogens (tertiary/aromatic N) is 1. The van der Waals surface area contributed by atoms with Crippen molar-refractivity contribution in [3.05, 3.63) is 52.1 Å². The lowest BCUT2D eigenvalue weighted by Gasteiger charge is -2.09. The minimum atomic E-state index is -0.325. The third-order valence-electron chi connectivity index (χ3n) is 2.16. The minimum Gasteiger partial charge on any atom is -0.466 e. The van der Waals surface area contributed by atoms with Gasteiger partial charge in [-0.3, -0.25) is 4.98 Å². The first-order valence-corrected chi connectivity index (χ1v) is 5.40. The van der Waals surface area contributed by atoms with Gasteiger partial charge in [-0.15, -0.1) is 0 Å². The van der Waals surface area contributed by atoms with Gasteiger partial charge in [0.25, 0.3) is 0 Å². The number of hydrogen-bond donors (Lipinski definition) is 1. The average molecular weight is 267 g/mol. The standard InChI is InChI=1S/C11H11BrN2O/c1-7-3-2-4-9(14-7)10(13)11-8(12)5-6-15-11/h2-6,10H,13H2,1H3. The monoisotopic (exact) mass is 266 g/mol. The van der Waals surface area contributed by atoms with Crippen molar-refractivity contribution < 1.29 is 4.42 Å². The van der Waals surface area contributed by atoms with Crippen LogP contribution in [0.3, 0.4) is 0 Å². The Bertz CT molecular complexity index is 467. The molecule has 0 bridgehead atoms. The van der Waals surface area contributed by atoms with Crippen LogP contribution >= 0.6 is 15.9 Å². The van der Waals surface area contributed by atoms with Crippen LogP contribution < -0.4 is 5.73 Å². The number of aromatic nitrogens is 1. The molecule has 0 saturated heterocycles. The topological polar surface area (TPSA) is 52.0 Å². The second kappa shape index (κ2) is 4.16. The van der Waals surface area contributed by atoms with Crippen LogP contribution in [-0.2, 0) is 0 Å². The molecule has 2 heterocycles. The van der Waals surface area contributed by atoms with E-state index >= 15 is 0 Å². The van der Waals surface area contributed by atoms with Crippen LogP contribution in [0.4, 0.5) is 0 Å². The molecule has 0 aliphatic carbocycles. The summed E-state index contributed by atoms with van der Waals surface area (Å²) in [6, 6.07) is 7.27. The molecule has 1 atom stereocenters. The van der Waals surface area contributed by atoms with Crippen molar-refractivity contribution in [3.8, 4) is 0 Å². The number of halogens is 1. The smallest absolute Gasteiger partial charge is 0.140 e. The Kier molecular flexibility index (Phi) is 2.88. The molecule has 1 unspecified atom stereocenters. The maximum Gasteiger partial charge on any atom is 0.140 e. The normalized spacial score (nSPS) is 12.7. The number of pyridine rings is 1. The van der Waals surface area contributed by atoms with Gasteiger partial charge in [0, 0.05) is 5.69 Å². The first-order valence-electron chi connectivity index (χ1n) is 4.60. The van der Waals surface area contributed by atoms with Crippen molar-refractivity contribution in [2.45, 2.75) is 13.0 Å². The van der Waals surface area contributed by atoms with Gasteiger partial charge in [0.1, 0.15) is 11.8 Å². The van der Waals surface area contributed by atoms with E-state index in [-0.39, 0.29) is 6.04 Å². The Morgan fingerprint density at radius 1 is 1.40 bits per heavy atom. The summed E-state index contributed by atoms with van der Waals surface area (Å²) in [5, 5.41) is 0. The second-order valence-electron chi connectivity index (χ2n) is 3.31. The molecule has 0 amide bonds. The lowest BCUT2D eigenvalue weighted by Crippen LogP contribution is -2.13. The summed E-state index contributed by atoms with van der Waals surface area (Å²) < 4.78 is 6.18. The fourth-order valence-electron chi connectivity index (χ4n) is 1.40. The summed E-state index contributed by atoms with van der Waals surface area (Å²) in [7, 11) is 0. The highest BCUT2D eigenvalue weighted by Crippen LogP contribution is 2.26. The lowest BCUT2D eigenvalue weighted by molar-refractivity contribution is 0.484. The summed E-state index contributed by atoms with van der Waals surface area (Å²) in [6.07, 6.45) is 1.61. The molecule has 0 aromatic carbocycles. The van der Waals surface area contributed by atoms with Crippen molar-refractivity contribution in [1.29, 1.82) is 0 Å². The third-order valence-corrected chi connectivity index (χ3v) is 2.81. The SMILES string of the molecule is Cc1cccc(C(N)c2occc2Br)n1. The number of furan rings is 1. The van der Waals surface area contributed by atoms with Gasteiger partial charge in [-0.05, 0) is 41.1 Å². The summed E-state index contributed by atoms with van der Waals surface area (Å²) >= 11 is 3.38. The number of hydrogen-bond acceptors (Lipinski definition) is 3. The Morgan fingerprint density at radius 3 is 2.80 bits per heavy atom. The fraction of sp³-hybridized carbons (Fsp3) is 0.182. The van der Waals surface area contributed by atoms with Crippen LogP contribution in [0, 0.1) is 6.92 Å². The molecule has 0 aliphatic rings. The van der Waals surface area contributed by atoms with Gasteiger partial charge in [0.2, 0.25) is 0 Å². The quantitative estimate of drug-likeness (QED) is 0.910. The van der Waals surface area contributed by atoms with Gasteiger partial charge >= 0.3 is 0 Å². The average Bonchev–Trinajstić information content (AvgIpc) is 2.63. The summed E-state index contributed by atoms with van der Waals surface area (Å²) in [5.41, 5.74) is 7.80. The first kappa shape index (κ1) is 10.4. The van der Waals surface area contributed by atoms with Crippen molar-refractivity contribution in [3.63, 3.8) is 0 Å². The molecule has 15 heavy (non-hydrogen) atoms. The Morgan fingerprint density at radius 2 is 2.20 bits per heavy atom. The largest absolute Gasteiger partial charge is 0.466 e. The van der Waals surface area contributed by atoms with Gasteiger partial charge < -0.3 is 10.2 Å². The molecule has 3 nitrogen and oxygen atoms in total. The molecule has 2 aromatic heterocycles. The molecule has 2 N–H and O–H groups in total. The molecule has 0 radical (unpaired) electrons. The van der Waals surface area contributed by atoms with E-state index in [2.05, 4.69) is 20.9 Å². The summed E-state index contributed by atoms with van der Waals surface area (Å²) in [5.74, 6) is 0.702. The Labute approximate surface area is 96.4 Å². The Hall–Kier alpha value is -1.13. The number of aryl methyl sites for hydroxylation is 1. The van der Waals surface area contributed by atoms with Gasteiger partial charge in [0.15, 0.2) is 0 Å². The van der Waals surface area contributed by atoms with Crippen molar-refractivity contribution >= 4 is 15.9 Å². The van der Waals surface area contributed by atoms with Crippen LogP contribution in [0.1, 0.15) is 23.2 Å². The van der Waals surface area contributed by atoms with Gasteiger partial charge in [-0.1, -0.05) is 6.07 Å². The molecule has 2 aromatic rings. The van der Waals surface area contributed by atoms with E-state index in [1.54, 1.807) is 6.26 Å². The van der Waals surface area contributed by atoms with Gasteiger partial charge in [-0.25, -0.2) is 0 Å². The first-order chi connectivity index (χ1) is 7.18. The van der Waals surface area contributed by atoms with Crippen molar-refractivity contribution in [2.75, 3.05) is 0 Å². The van der Waals surface area contributed by atoms with Crippen LogP contribution in [0.15, 0.2) is 39.4 Å². The van der Waals surface area contributed by atoms with Gasteiger partial charge in [0.05, 0.1) is 16.4 Å². The van der Waals surface area contributed by atoms with E-state index in [0.717, 1.165) is 15.9 Å². The second-order valence-corrected chi connectivity index (χ2v) is 4.17. The molecule has 2 rings (SSSR count). The van der Waals surface area contributed by atoms with Crippen LogP contribution in [0.5, 0.6) is 0 Å². The van der Waals surface area contributed by atoms with E-state index in [9.17, 15) is 0 Å². The maximum absolute atomic E-state index is 6.04. The highest BCUT2D eigenvalue weighted by atomic mass is 79.9. The van der Waals surface area contributed by atoms with E-state index < -0.39 is 0 Å². The lowest BCUT2D eigenvalue weighted by atomic mass is 10.1. The van der Waals surface area contributed by atoms with Crippen molar-refractivity contribution in [2.24, 2.45) is 5.73 Å². The molecule has 0 saturated carbocycles. The zero-order valence-electron chi connectivity index (χ0n) is 8.27. The molecule has 4 heteroatoms. The van der Waals surface area contributed by atoms with E-state index in [4.69, 9.17) is 10.2 Å². The predicted molar refractivity (Wildman–Crippen MR) is 61.4 cm³/mol. The molecule has 0 fully saturated rings. The third kappa shape index (κ3) is 2.11. The minimum absolute atomic E-state index is 0.325. The Balaban J connectivity index is 2.36. The predicted octanol–water partition coefficient (Wildman–Crippen LogP) is 2.79. The zero-order chi connectivity index (χ0) is 10.8. The number of rotatable bonds is 2. The highest BCUT2D eigenvalue weighted by molar-refractivity contribution is 9.10. The maximum atomic E-state index is 6.04. The van der Waals surface area contributed by atoms with Gasteiger partial charge in [-0.2, -0.15) is 0 Å². The molecule has 78 valence electrons. The fourth-order valence-corrected chi connectivity index (χ4v) is 1.85. The highest BCUT2D eigenvalue weighted by Gasteiger charge is 2.16. The molecular formula is C11H11BrN2O. The number of nitrogens with two attached hydrogens (primary N) is 1. The van der Waals surface area contributed by atoms with E-state index in [1.165, 1.54) is 0 Å².